The Morgan fingerprint density at radius 1 is 1.08 bits per heavy atom. The van der Waals surface area contributed by atoms with E-state index in [1.807, 2.05) is 18.2 Å². The van der Waals surface area contributed by atoms with Gasteiger partial charge in [-0.1, -0.05) is 65.3 Å². The van der Waals surface area contributed by atoms with Gasteiger partial charge in [-0.15, -0.1) is 10.2 Å². The molecule has 0 bridgehead atoms. The fourth-order valence-corrected chi connectivity index (χ4v) is 3.15. The van der Waals surface area contributed by atoms with Crippen molar-refractivity contribution >= 4 is 23.4 Å². The Morgan fingerprint density at radius 3 is 2.58 bits per heavy atom. The van der Waals surface area contributed by atoms with Crippen molar-refractivity contribution in [3.63, 3.8) is 0 Å². The largest absolute Gasteiger partial charge is 0.298 e. The molecule has 0 spiro atoms. The third kappa shape index (κ3) is 4.46. The Kier molecular flexibility index (Phi) is 5.33. The Balaban J connectivity index is 1.68. The van der Waals surface area contributed by atoms with Crippen LogP contribution in [0.25, 0.3) is 0 Å². The quantitative estimate of drug-likeness (QED) is 0.701. The zero-order chi connectivity index (χ0) is 16.9. The number of hydrogen-bond acceptors (Lipinski definition) is 4. The van der Waals surface area contributed by atoms with Crippen molar-refractivity contribution < 1.29 is 0 Å². The molecule has 0 aliphatic heterocycles. The first-order valence-electron chi connectivity index (χ1n) is 7.49. The van der Waals surface area contributed by atoms with Crippen LogP contribution in [-0.4, -0.2) is 15.2 Å². The molecule has 4 nitrogen and oxygen atoms in total. The van der Waals surface area contributed by atoms with E-state index in [1.54, 1.807) is 12.1 Å². The standard InChI is InChI=1S/C18H16ClN3OS/c1-12-3-2-4-14(9-12)11-24-18-20-17(23)16(21-22-18)10-13-5-7-15(19)8-6-13/h2-9H,10-11H2,1H3,(H,20,22,23). The molecule has 122 valence electrons. The van der Waals surface area contributed by atoms with E-state index in [1.165, 1.54) is 22.9 Å². The number of aromatic amines is 1. The van der Waals surface area contributed by atoms with Crippen LogP contribution < -0.4 is 5.56 Å². The van der Waals surface area contributed by atoms with Gasteiger partial charge in [-0.25, -0.2) is 0 Å². The summed E-state index contributed by atoms with van der Waals surface area (Å²) in [5, 5.41) is 9.40. The van der Waals surface area contributed by atoms with Gasteiger partial charge < -0.3 is 0 Å². The lowest BCUT2D eigenvalue weighted by Gasteiger charge is -2.04. The zero-order valence-electron chi connectivity index (χ0n) is 13.1. The molecule has 24 heavy (non-hydrogen) atoms. The number of H-pyrrole nitrogens is 1. The highest BCUT2D eigenvalue weighted by Gasteiger charge is 2.07. The number of benzene rings is 2. The molecule has 0 amide bonds. The first-order chi connectivity index (χ1) is 11.6. The number of halogens is 1. The van der Waals surface area contributed by atoms with E-state index in [0.29, 0.717) is 22.3 Å². The Morgan fingerprint density at radius 2 is 1.88 bits per heavy atom. The van der Waals surface area contributed by atoms with Crippen molar-refractivity contribution in [1.29, 1.82) is 0 Å². The van der Waals surface area contributed by atoms with Crippen LogP contribution in [0, 0.1) is 6.92 Å². The van der Waals surface area contributed by atoms with Gasteiger partial charge in [-0.05, 0) is 30.2 Å². The van der Waals surface area contributed by atoms with Crippen LogP contribution in [0.15, 0.2) is 58.5 Å². The summed E-state index contributed by atoms with van der Waals surface area (Å²) in [6.45, 7) is 2.06. The van der Waals surface area contributed by atoms with Crippen molar-refractivity contribution in [2.75, 3.05) is 0 Å². The van der Waals surface area contributed by atoms with E-state index >= 15 is 0 Å². The molecule has 0 aliphatic carbocycles. The highest BCUT2D eigenvalue weighted by molar-refractivity contribution is 7.98. The molecular formula is C18H16ClN3OS. The smallest absolute Gasteiger partial charge is 0.273 e. The predicted octanol–water partition coefficient (Wildman–Crippen LogP) is 4.01. The third-order valence-corrected chi connectivity index (χ3v) is 4.67. The lowest BCUT2D eigenvalue weighted by molar-refractivity contribution is 0.772. The van der Waals surface area contributed by atoms with Gasteiger partial charge in [-0.3, -0.25) is 9.78 Å². The van der Waals surface area contributed by atoms with Crippen LogP contribution in [0.4, 0.5) is 0 Å². The van der Waals surface area contributed by atoms with Gasteiger partial charge in [-0.2, -0.15) is 0 Å². The number of aromatic nitrogens is 3. The summed E-state index contributed by atoms with van der Waals surface area (Å²) < 4.78 is 0. The van der Waals surface area contributed by atoms with Crippen LogP contribution in [-0.2, 0) is 12.2 Å². The molecule has 1 heterocycles. The predicted molar refractivity (Wildman–Crippen MR) is 97.7 cm³/mol. The summed E-state index contributed by atoms with van der Waals surface area (Å²) in [5.41, 5.74) is 3.57. The second kappa shape index (κ2) is 7.64. The van der Waals surface area contributed by atoms with E-state index in [9.17, 15) is 4.79 Å². The molecular weight excluding hydrogens is 342 g/mol. The van der Waals surface area contributed by atoms with E-state index < -0.39 is 0 Å². The van der Waals surface area contributed by atoms with E-state index in [2.05, 4.69) is 40.3 Å². The summed E-state index contributed by atoms with van der Waals surface area (Å²) in [5.74, 6) is 0.739. The Bertz CT molecular complexity index is 893. The molecule has 0 unspecified atom stereocenters. The van der Waals surface area contributed by atoms with Crippen molar-refractivity contribution in [3.05, 3.63) is 86.3 Å². The van der Waals surface area contributed by atoms with Gasteiger partial charge in [0, 0.05) is 17.2 Å². The number of hydrogen-bond donors (Lipinski definition) is 1. The van der Waals surface area contributed by atoms with Gasteiger partial charge in [0.1, 0.15) is 5.69 Å². The van der Waals surface area contributed by atoms with Gasteiger partial charge in [0.2, 0.25) is 0 Å². The second-order valence-electron chi connectivity index (χ2n) is 5.49. The van der Waals surface area contributed by atoms with E-state index in [-0.39, 0.29) is 5.56 Å². The highest BCUT2D eigenvalue weighted by Crippen LogP contribution is 2.18. The molecule has 0 aliphatic rings. The second-order valence-corrected chi connectivity index (χ2v) is 6.89. The number of aryl methyl sites for hydroxylation is 1. The van der Waals surface area contributed by atoms with Crippen LogP contribution in [0.5, 0.6) is 0 Å². The maximum Gasteiger partial charge on any atom is 0.273 e. The number of nitrogens with zero attached hydrogens (tertiary/aromatic N) is 2. The Hall–Kier alpha value is -2.11. The summed E-state index contributed by atoms with van der Waals surface area (Å²) >= 11 is 7.33. The Labute approximate surface area is 149 Å². The molecule has 3 aromatic rings. The van der Waals surface area contributed by atoms with Gasteiger partial charge >= 0.3 is 0 Å². The van der Waals surface area contributed by atoms with Crippen LogP contribution >= 0.6 is 23.4 Å². The molecule has 1 aromatic heterocycles. The minimum Gasteiger partial charge on any atom is -0.298 e. The highest BCUT2D eigenvalue weighted by atomic mass is 35.5. The summed E-state index contributed by atoms with van der Waals surface area (Å²) in [7, 11) is 0. The van der Waals surface area contributed by atoms with Gasteiger partial charge in [0.15, 0.2) is 5.16 Å². The van der Waals surface area contributed by atoms with E-state index in [4.69, 9.17) is 11.6 Å². The van der Waals surface area contributed by atoms with Crippen LogP contribution in [0.1, 0.15) is 22.4 Å². The molecule has 0 atom stereocenters. The SMILES string of the molecule is Cc1cccc(CSc2nnc(Cc3ccc(Cl)cc3)c(=O)[nH]2)c1. The number of nitrogens with one attached hydrogen (secondary N) is 1. The molecule has 3 rings (SSSR count). The lowest BCUT2D eigenvalue weighted by atomic mass is 10.1. The van der Waals surface area contributed by atoms with Crippen molar-refractivity contribution in [3.8, 4) is 0 Å². The van der Waals surface area contributed by atoms with Crippen molar-refractivity contribution in [2.24, 2.45) is 0 Å². The third-order valence-electron chi connectivity index (χ3n) is 3.49. The van der Waals surface area contributed by atoms with Crippen LogP contribution in [0.3, 0.4) is 0 Å². The molecule has 0 radical (unpaired) electrons. The van der Waals surface area contributed by atoms with Crippen molar-refractivity contribution in [2.45, 2.75) is 24.3 Å². The molecule has 1 N–H and O–H groups in total. The molecule has 6 heteroatoms. The molecule has 0 saturated heterocycles. The number of thioether (sulfide) groups is 1. The zero-order valence-corrected chi connectivity index (χ0v) is 14.7. The van der Waals surface area contributed by atoms with Crippen molar-refractivity contribution in [1.82, 2.24) is 15.2 Å². The van der Waals surface area contributed by atoms with Gasteiger partial charge in [0.25, 0.3) is 5.56 Å². The fraction of sp³-hybridized carbons (Fsp3) is 0.167. The molecule has 0 fully saturated rings. The first-order valence-corrected chi connectivity index (χ1v) is 8.85. The average Bonchev–Trinajstić information content (AvgIpc) is 2.57. The summed E-state index contributed by atoms with van der Waals surface area (Å²) in [4.78, 5) is 15.0. The molecule has 0 saturated carbocycles. The minimum atomic E-state index is -0.202. The van der Waals surface area contributed by atoms with E-state index in [0.717, 1.165) is 11.3 Å². The summed E-state index contributed by atoms with van der Waals surface area (Å²) in [6.07, 6.45) is 0.433. The monoisotopic (exact) mass is 357 g/mol. The fourth-order valence-electron chi connectivity index (χ4n) is 2.28. The maximum absolute atomic E-state index is 12.2. The lowest BCUT2D eigenvalue weighted by Crippen LogP contribution is -2.17. The minimum absolute atomic E-state index is 0.202. The first kappa shape index (κ1) is 16.7. The molecule has 2 aromatic carbocycles. The normalized spacial score (nSPS) is 10.8. The average molecular weight is 358 g/mol. The maximum atomic E-state index is 12.2. The van der Waals surface area contributed by atoms with Gasteiger partial charge in [0.05, 0.1) is 0 Å². The van der Waals surface area contributed by atoms with Crippen LogP contribution in [0.2, 0.25) is 5.02 Å². The number of rotatable bonds is 5. The summed E-state index contributed by atoms with van der Waals surface area (Å²) in [6, 6.07) is 15.6. The topological polar surface area (TPSA) is 58.6 Å².